The lowest BCUT2D eigenvalue weighted by Gasteiger charge is -1.91. The standard InChI is InChI=1S/C8H4ClFN2O/c9-4-1-6-7(2-5(4)10)12-8(3-13)11-6/h1-3H,(H,11,12). The summed E-state index contributed by atoms with van der Waals surface area (Å²) in [4.78, 5) is 16.8. The van der Waals surface area contributed by atoms with Gasteiger partial charge in [-0.2, -0.15) is 0 Å². The number of rotatable bonds is 1. The van der Waals surface area contributed by atoms with E-state index in [9.17, 15) is 9.18 Å². The molecule has 5 heteroatoms. The highest BCUT2D eigenvalue weighted by Gasteiger charge is 2.06. The topological polar surface area (TPSA) is 45.8 Å². The predicted octanol–water partition coefficient (Wildman–Crippen LogP) is 2.17. The summed E-state index contributed by atoms with van der Waals surface area (Å²) in [6.07, 6.45) is 0.561. The molecule has 0 radical (unpaired) electrons. The largest absolute Gasteiger partial charge is 0.336 e. The predicted molar refractivity (Wildman–Crippen MR) is 46.4 cm³/mol. The molecule has 0 atom stereocenters. The molecular formula is C8H4ClFN2O. The van der Waals surface area contributed by atoms with Crippen LogP contribution in [0.2, 0.25) is 5.02 Å². The zero-order valence-corrected chi connectivity index (χ0v) is 7.10. The lowest BCUT2D eigenvalue weighted by Crippen LogP contribution is -1.78. The van der Waals surface area contributed by atoms with Crippen molar-refractivity contribution in [1.29, 1.82) is 0 Å². The molecule has 1 aromatic heterocycles. The third-order valence-corrected chi connectivity index (χ3v) is 1.94. The Labute approximate surface area is 77.5 Å². The highest BCUT2D eigenvalue weighted by molar-refractivity contribution is 6.31. The van der Waals surface area contributed by atoms with Gasteiger partial charge in [0.2, 0.25) is 0 Å². The first-order valence-electron chi connectivity index (χ1n) is 3.50. The number of hydrogen-bond acceptors (Lipinski definition) is 2. The molecule has 0 amide bonds. The van der Waals surface area contributed by atoms with Crippen molar-refractivity contribution in [3.8, 4) is 0 Å². The molecule has 0 unspecified atom stereocenters. The molecular weight excluding hydrogens is 195 g/mol. The van der Waals surface area contributed by atoms with E-state index in [1.54, 1.807) is 0 Å². The fourth-order valence-electron chi connectivity index (χ4n) is 1.08. The SMILES string of the molecule is O=Cc1nc2cc(Cl)c(F)cc2[nH]1. The molecule has 13 heavy (non-hydrogen) atoms. The van der Waals surface area contributed by atoms with Gasteiger partial charge in [-0.1, -0.05) is 11.6 Å². The number of aldehydes is 1. The van der Waals surface area contributed by atoms with Gasteiger partial charge < -0.3 is 4.98 Å². The summed E-state index contributed by atoms with van der Waals surface area (Å²) < 4.78 is 12.9. The van der Waals surface area contributed by atoms with Crippen LogP contribution in [0.25, 0.3) is 11.0 Å². The zero-order valence-electron chi connectivity index (χ0n) is 6.34. The van der Waals surface area contributed by atoms with Gasteiger partial charge in [0.05, 0.1) is 16.1 Å². The minimum absolute atomic E-state index is 0.00329. The maximum atomic E-state index is 12.9. The average molecular weight is 199 g/mol. The van der Waals surface area contributed by atoms with E-state index in [0.29, 0.717) is 17.3 Å². The quantitative estimate of drug-likeness (QED) is 0.714. The van der Waals surface area contributed by atoms with Crippen LogP contribution in [0.5, 0.6) is 0 Å². The number of aromatic amines is 1. The van der Waals surface area contributed by atoms with Crippen molar-refractivity contribution in [2.24, 2.45) is 0 Å². The van der Waals surface area contributed by atoms with Crippen LogP contribution in [-0.4, -0.2) is 16.3 Å². The van der Waals surface area contributed by atoms with Crippen molar-refractivity contribution in [2.75, 3.05) is 0 Å². The summed E-state index contributed by atoms with van der Waals surface area (Å²) >= 11 is 5.52. The Hall–Kier alpha value is -1.42. The van der Waals surface area contributed by atoms with E-state index < -0.39 is 5.82 Å². The second-order valence-electron chi connectivity index (χ2n) is 2.52. The summed E-state index contributed by atoms with van der Waals surface area (Å²) in [6.45, 7) is 0. The number of imidazole rings is 1. The van der Waals surface area contributed by atoms with Crippen molar-refractivity contribution in [2.45, 2.75) is 0 Å². The van der Waals surface area contributed by atoms with Crippen molar-refractivity contribution < 1.29 is 9.18 Å². The van der Waals surface area contributed by atoms with Crippen molar-refractivity contribution in [3.05, 3.63) is 28.8 Å². The van der Waals surface area contributed by atoms with Gasteiger partial charge in [0.15, 0.2) is 12.1 Å². The zero-order chi connectivity index (χ0) is 9.42. The Kier molecular flexibility index (Phi) is 1.77. The van der Waals surface area contributed by atoms with Crippen LogP contribution >= 0.6 is 11.6 Å². The summed E-state index contributed by atoms with van der Waals surface area (Å²) in [5, 5.41) is -0.00329. The van der Waals surface area contributed by atoms with E-state index in [2.05, 4.69) is 9.97 Å². The fraction of sp³-hybridized carbons (Fsp3) is 0. The van der Waals surface area contributed by atoms with E-state index in [1.807, 2.05) is 0 Å². The summed E-state index contributed by atoms with van der Waals surface area (Å²) in [5.41, 5.74) is 0.942. The van der Waals surface area contributed by atoms with Crippen LogP contribution in [-0.2, 0) is 0 Å². The molecule has 66 valence electrons. The van der Waals surface area contributed by atoms with Crippen molar-refractivity contribution >= 4 is 28.9 Å². The number of hydrogen-bond donors (Lipinski definition) is 1. The maximum absolute atomic E-state index is 12.9. The Morgan fingerprint density at radius 3 is 3.00 bits per heavy atom. The Morgan fingerprint density at radius 1 is 1.54 bits per heavy atom. The van der Waals surface area contributed by atoms with Gasteiger partial charge in [-0.3, -0.25) is 4.79 Å². The van der Waals surface area contributed by atoms with Crippen molar-refractivity contribution in [3.63, 3.8) is 0 Å². The van der Waals surface area contributed by atoms with Crippen LogP contribution < -0.4 is 0 Å². The third-order valence-electron chi connectivity index (χ3n) is 1.65. The normalized spacial score (nSPS) is 10.6. The number of aromatic nitrogens is 2. The number of nitrogens with one attached hydrogen (secondary N) is 1. The number of carbonyl (C=O) groups is 1. The molecule has 2 aromatic rings. The molecule has 0 bridgehead atoms. The van der Waals surface area contributed by atoms with Gasteiger partial charge in [-0.15, -0.1) is 0 Å². The van der Waals surface area contributed by atoms with Crippen molar-refractivity contribution in [1.82, 2.24) is 9.97 Å². The van der Waals surface area contributed by atoms with Gasteiger partial charge >= 0.3 is 0 Å². The first kappa shape index (κ1) is 8.19. The number of nitrogens with zero attached hydrogens (tertiary/aromatic N) is 1. The Morgan fingerprint density at radius 2 is 2.31 bits per heavy atom. The van der Waals surface area contributed by atoms with E-state index in [-0.39, 0.29) is 10.8 Å². The lowest BCUT2D eigenvalue weighted by molar-refractivity contribution is 0.111. The van der Waals surface area contributed by atoms with E-state index in [0.717, 1.165) is 0 Å². The van der Waals surface area contributed by atoms with E-state index in [4.69, 9.17) is 11.6 Å². The first-order chi connectivity index (χ1) is 6.20. The lowest BCUT2D eigenvalue weighted by atomic mass is 10.3. The molecule has 0 fully saturated rings. The average Bonchev–Trinajstić information content (AvgIpc) is 2.48. The number of halogens is 2. The molecule has 0 aliphatic rings. The highest BCUT2D eigenvalue weighted by atomic mass is 35.5. The Bertz CT molecular complexity index is 441. The number of fused-ring (bicyclic) bond motifs is 1. The van der Waals surface area contributed by atoms with Gasteiger partial charge in [0, 0.05) is 6.07 Å². The highest BCUT2D eigenvalue weighted by Crippen LogP contribution is 2.20. The van der Waals surface area contributed by atoms with Gasteiger partial charge in [0.1, 0.15) is 5.82 Å². The molecule has 0 aliphatic heterocycles. The van der Waals surface area contributed by atoms with Crippen LogP contribution in [0.4, 0.5) is 4.39 Å². The molecule has 1 aromatic carbocycles. The van der Waals surface area contributed by atoms with E-state index >= 15 is 0 Å². The molecule has 0 aliphatic carbocycles. The molecule has 2 rings (SSSR count). The van der Waals surface area contributed by atoms with Crippen LogP contribution in [0.1, 0.15) is 10.6 Å². The second-order valence-corrected chi connectivity index (χ2v) is 2.93. The minimum atomic E-state index is -0.532. The van der Waals surface area contributed by atoms with Gasteiger partial charge in [-0.25, -0.2) is 9.37 Å². The van der Waals surface area contributed by atoms with Crippen LogP contribution in [0.3, 0.4) is 0 Å². The summed E-state index contributed by atoms with van der Waals surface area (Å²) in [5.74, 6) is -0.369. The summed E-state index contributed by atoms with van der Waals surface area (Å²) in [6, 6.07) is 2.58. The number of benzene rings is 1. The van der Waals surface area contributed by atoms with Gasteiger partial charge in [0.25, 0.3) is 0 Å². The minimum Gasteiger partial charge on any atom is -0.336 e. The number of H-pyrrole nitrogens is 1. The molecule has 0 spiro atoms. The second kappa shape index (κ2) is 2.81. The molecule has 0 saturated heterocycles. The molecule has 1 N–H and O–H groups in total. The molecule has 0 saturated carbocycles. The number of carbonyl (C=O) groups excluding carboxylic acids is 1. The first-order valence-corrected chi connectivity index (χ1v) is 3.88. The van der Waals surface area contributed by atoms with E-state index in [1.165, 1.54) is 12.1 Å². The smallest absolute Gasteiger partial charge is 0.185 e. The third kappa shape index (κ3) is 1.29. The molecule has 3 nitrogen and oxygen atoms in total. The van der Waals surface area contributed by atoms with Crippen LogP contribution in [0, 0.1) is 5.82 Å². The molecule has 1 heterocycles. The maximum Gasteiger partial charge on any atom is 0.185 e. The summed E-state index contributed by atoms with van der Waals surface area (Å²) in [7, 11) is 0. The fourth-order valence-corrected chi connectivity index (χ4v) is 1.24. The Balaban J connectivity index is 2.77. The van der Waals surface area contributed by atoms with Crippen LogP contribution in [0.15, 0.2) is 12.1 Å². The van der Waals surface area contributed by atoms with Gasteiger partial charge in [-0.05, 0) is 6.07 Å². The monoisotopic (exact) mass is 198 g/mol.